The number of nitrogen functional groups attached to an aromatic ring is 1. The summed E-state index contributed by atoms with van der Waals surface area (Å²) < 4.78 is 0. The Morgan fingerprint density at radius 1 is 1.13 bits per heavy atom. The number of nitrogens with two attached hydrogens (primary N) is 1. The van der Waals surface area contributed by atoms with Crippen LogP contribution in [-0.2, 0) is 22.7 Å². The third kappa shape index (κ3) is 4.13. The number of hydrogen-bond donors (Lipinski definition) is 3. The summed E-state index contributed by atoms with van der Waals surface area (Å²) in [6, 6.07) is 11.5. The highest BCUT2D eigenvalue weighted by Crippen LogP contribution is 2.28. The molecule has 1 saturated heterocycles. The van der Waals surface area contributed by atoms with Crippen LogP contribution >= 0.6 is 12.4 Å². The first-order valence-corrected chi connectivity index (χ1v) is 9.32. The fraction of sp³-hybridized carbons (Fsp3) is 0.238. The molecule has 0 aromatic heterocycles. The highest BCUT2D eigenvalue weighted by Gasteiger charge is 2.39. The van der Waals surface area contributed by atoms with Crippen LogP contribution in [0.5, 0.6) is 0 Å². The van der Waals surface area contributed by atoms with Gasteiger partial charge in [-0.3, -0.25) is 24.5 Å². The van der Waals surface area contributed by atoms with E-state index in [2.05, 4.69) is 10.6 Å². The van der Waals surface area contributed by atoms with Crippen molar-refractivity contribution in [1.29, 1.82) is 0 Å². The molecule has 1 fully saturated rings. The first-order chi connectivity index (χ1) is 13.9. The van der Waals surface area contributed by atoms with Crippen molar-refractivity contribution >= 4 is 41.7 Å². The predicted molar refractivity (Wildman–Crippen MR) is 112 cm³/mol. The summed E-state index contributed by atoms with van der Waals surface area (Å²) in [7, 11) is 0. The second-order valence-corrected chi connectivity index (χ2v) is 7.20. The average Bonchev–Trinajstić information content (AvgIpc) is 3.03. The molecule has 2 heterocycles. The minimum absolute atomic E-state index is 0. The van der Waals surface area contributed by atoms with E-state index < -0.39 is 11.9 Å². The number of halogens is 1. The molecule has 4 amide bonds. The first kappa shape index (κ1) is 21.3. The maximum atomic E-state index is 12.8. The van der Waals surface area contributed by atoms with Crippen molar-refractivity contribution in [2.24, 2.45) is 0 Å². The molecule has 8 nitrogen and oxygen atoms in total. The molecule has 0 bridgehead atoms. The number of imide groups is 1. The number of nitrogens with zero attached hydrogens (tertiary/aromatic N) is 1. The molecule has 156 valence electrons. The fourth-order valence-corrected chi connectivity index (χ4v) is 3.62. The van der Waals surface area contributed by atoms with Crippen LogP contribution in [0.15, 0.2) is 42.5 Å². The average molecular weight is 429 g/mol. The van der Waals surface area contributed by atoms with E-state index in [1.807, 2.05) is 12.1 Å². The van der Waals surface area contributed by atoms with Gasteiger partial charge in [-0.1, -0.05) is 18.2 Å². The third-order valence-corrected chi connectivity index (χ3v) is 5.22. The summed E-state index contributed by atoms with van der Waals surface area (Å²) >= 11 is 0. The van der Waals surface area contributed by atoms with Crippen LogP contribution in [0.2, 0.25) is 0 Å². The molecule has 1 atom stereocenters. The molecular weight excluding hydrogens is 408 g/mol. The van der Waals surface area contributed by atoms with E-state index >= 15 is 0 Å². The number of carbonyl (C=O) groups is 4. The Balaban J connectivity index is 0.00000256. The SMILES string of the molecule is Cl.Nc1ccc(CNC(=O)c2ccc3c(c2)C(=O)N(C2CCC(=O)NC2=O)C3)cc1. The molecule has 0 spiro atoms. The lowest BCUT2D eigenvalue weighted by atomic mass is 10.0. The molecule has 0 aliphatic carbocycles. The van der Waals surface area contributed by atoms with Gasteiger partial charge in [0.25, 0.3) is 11.8 Å². The number of amides is 4. The smallest absolute Gasteiger partial charge is 0.255 e. The summed E-state index contributed by atoms with van der Waals surface area (Å²) in [4.78, 5) is 50.2. The van der Waals surface area contributed by atoms with Gasteiger partial charge >= 0.3 is 0 Å². The number of piperidine rings is 1. The lowest BCUT2D eigenvalue weighted by molar-refractivity contribution is -0.136. The maximum Gasteiger partial charge on any atom is 0.255 e. The number of fused-ring (bicyclic) bond motifs is 1. The zero-order chi connectivity index (χ0) is 20.5. The van der Waals surface area contributed by atoms with Crippen LogP contribution in [0.4, 0.5) is 5.69 Å². The first-order valence-electron chi connectivity index (χ1n) is 9.32. The Morgan fingerprint density at radius 3 is 2.57 bits per heavy atom. The molecule has 4 N–H and O–H groups in total. The van der Waals surface area contributed by atoms with Crippen LogP contribution in [0.3, 0.4) is 0 Å². The molecule has 1 unspecified atom stereocenters. The van der Waals surface area contributed by atoms with Gasteiger partial charge in [0.05, 0.1) is 0 Å². The van der Waals surface area contributed by atoms with E-state index in [0.29, 0.717) is 29.8 Å². The van der Waals surface area contributed by atoms with Gasteiger partial charge in [0.2, 0.25) is 11.8 Å². The molecule has 9 heteroatoms. The van der Waals surface area contributed by atoms with E-state index in [-0.39, 0.29) is 43.1 Å². The Hall–Kier alpha value is -3.39. The van der Waals surface area contributed by atoms with Gasteiger partial charge in [-0.2, -0.15) is 0 Å². The Labute approximate surface area is 179 Å². The lowest BCUT2D eigenvalue weighted by Crippen LogP contribution is -2.52. The van der Waals surface area contributed by atoms with Crippen LogP contribution in [0.25, 0.3) is 0 Å². The number of anilines is 1. The van der Waals surface area contributed by atoms with Gasteiger partial charge < -0.3 is 16.0 Å². The van der Waals surface area contributed by atoms with Crippen molar-refractivity contribution < 1.29 is 19.2 Å². The minimum Gasteiger partial charge on any atom is -0.399 e. The van der Waals surface area contributed by atoms with E-state index in [9.17, 15) is 19.2 Å². The van der Waals surface area contributed by atoms with Crippen molar-refractivity contribution in [1.82, 2.24) is 15.5 Å². The zero-order valence-corrected chi connectivity index (χ0v) is 16.8. The number of carbonyl (C=O) groups excluding carboxylic acids is 4. The van der Waals surface area contributed by atoms with E-state index in [1.165, 1.54) is 4.90 Å². The normalized spacial score (nSPS) is 17.8. The zero-order valence-electron chi connectivity index (χ0n) is 16.0. The van der Waals surface area contributed by atoms with Gasteiger partial charge in [-0.25, -0.2) is 0 Å². The van der Waals surface area contributed by atoms with Gasteiger partial charge in [0.1, 0.15) is 6.04 Å². The van der Waals surface area contributed by atoms with Crippen molar-refractivity contribution in [3.63, 3.8) is 0 Å². The second-order valence-electron chi connectivity index (χ2n) is 7.20. The Morgan fingerprint density at radius 2 is 1.87 bits per heavy atom. The third-order valence-electron chi connectivity index (χ3n) is 5.22. The number of rotatable bonds is 4. The van der Waals surface area contributed by atoms with Crippen molar-refractivity contribution in [3.05, 3.63) is 64.7 Å². The van der Waals surface area contributed by atoms with Gasteiger partial charge in [-0.05, 0) is 41.8 Å². The van der Waals surface area contributed by atoms with Crippen molar-refractivity contribution in [2.75, 3.05) is 5.73 Å². The molecule has 0 radical (unpaired) electrons. The standard InChI is InChI=1S/C21H20N4O4.ClH/c22-15-5-1-12(2-6-15)10-23-19(27)13-3-4-14-11-25(21(29)16(14)9-13)17-7-8-18(26)24-20(17)28;/h1-6,9,17H,7-8,10-11,22H2,(H,23,27)(H,24,26,28);1H. The second kappa shape index (κ2) is 8.54. The predicted octanol–water partition coefficient (Wildman–Crippen LogP) is 1.38. The number of hydrogen-bond acceptors (Lipinski definition) is 5. The summed E-state index contributed by atoms with van der Waals surface area (Å²) in [5, 5.41) is 5.10. The molecule has 4 rings (SSSR count). The topological polar surface area (TPSA) is 122 Å². The van der Waals surface area contributed by atoms with E-state index in [1.54, 1.807) is 30.3 Å². The van der Waals surface area contributed by atoms with Crippen molar-refractivity contribution in [3.8, 4) is 0 Å². The molecule has 30 heavy (non-hydrogen) atoms. The van der Waals surface area contributed by atoms with Crippen LogP contribution in [0, 0.1) is 0 Å². The quantitative estimate of drug-likeness (QED) is 0.501. The fourth-order valence-electron chi connectivity index (χ4n) is 3.62. The Kier molecular flexibility index (Phi) is 6.07. The Bertz CT molecular complexity index is 1020. The molecular formula is C21H21ClN4O4. The molecule has 2 aliphatic rings. The highest BCUT2D eigenvalue weighted by atomic mass is 35.5. The lowest BCUT2D eigenvalue weighted by Gasteiger charge is -2.29. The van der Waals surface area contributed by atoms with Crippen molar-refractivity contribution in [2.45, 2.75) is 32.0 Å². The summed E-state index contributed by atoms with van der Waals surface area (Å²) in [5.74, 6) is -1.38. The van der Waals surface area contributed by atoms with Gasteiger partial charge in [0.15, 0.2) is 0 Å². The minimum atomic E-state index is -0.671. The summed E-state index contributed by atoms with van der Waals surface area (Å²) in [5.41, 5.74) is 8.76. The molecule has 2 aliphatic heterocycles. The largest absolute Gasteiger partial charge is 0.399 e. The van der Waals surface area contributed by atoms with Crippen LogP contribution in [-0.4, -0.2) is 34.6 Å². The van der Waals surface area contributed by atoms with Crippen LogP contribution < -0.4 is 16.4 Å². The maximum absolute atomic E-state index is 12.8. The molecule has 0 saturated carbocycles. The van der Waals surface area contributed by atoms with Crippen LogP contribution in [0.1, 0.15) is 44.7 Å². The number of nitrogens with one attached hydrogen (secondary N) is 2. The van der Waals surface area contributed by atoms with E-state index in [0.717, 1.165) is 11.1 Å². The summed E-state index contributed by atoms with van der Waals surface area (Å²) in [6.45, 7) is 0.625. The molecule has 2 aromatic rings. The summed E-state index contributed by atoms with van der Waals surface area (Å²) in [6.07, 6.45) is 0.509. The number of benzene rings is 2. The highest BCUT2D eigenvalue weighted by molar-refractivity contribution is 6.06. The van der Waals surface area contributed by atoms with Gasteiger partial charge in [0, 0.05) is 36.3 Å². The van der Waals surface area contributed by atoms with Gasteiger partial charge in [-0.15, -0.1) is 12.4 Å². The molecule has 2 aromatic carbocycles. The van der Waals surface area contributed by atoms with E-state index in [4.69, 9.17) is 5.73 Å². The monoisotopic (exact) mass is 428 g/mol.